The molecule has 0 spiro atoms. The van der Waals surface area contributed by atoms with Gasteiger partial charge in [-0.25, -0.2) is 9.59 Å². The minimum Gasteiger partial charge on any atom is -0.481 e. The summed E-state index contributed by atoms with van der Waals surface area (Å²) in [4.78, 5) is 29.8. The molecule has 3 N–H and O–H groups in total. The highest BCUT2D eigenvalue weighted by Gasteiger charge is 2.07. The molecule has 0 aliphatic heterocycles. The molecular weight excluding hydrogens is 376 g/mol. The molecule has 0 saturated heterocycles. The zero-order valence-electron chi connectivity index (χ0n) is 16.3. The van der Waals surface area contributed by atoms with E-state index in [0.717, 1.165) is 6.08 Å². The first-order chi connectivity index (χ1) is 13.7. The maximum absolute atomic E-state index is 10.1. The number of ether oxygens (including phenoxy) is 1. The molecule has 7 nitrogen and oxygen atoms in total. The Morgan fingerprint density at radius 1 is 0.966 bits per heavy atom. The molecule has 0 heterocycles. The fourth-order valence-corrected chi connectivity index (χ4v) is 1.05. The van der Waals surface area contributed by atoms with Crippen LogP contribution >= 0.6 is 0 Å². The molecule has 0 aromatic heterocycles. The highest BCUT2D eigenvalue weighted by Crippen LogP contribution is 1.97. The number of hydrogen-bond donors (Lipinski definition) is 3. The third kappa shape index (κ3) is 26.6. The number of hydrogen-bond acceptors (Lipinski definition) is 5. The smallest absolute Gasteiger partial charge is 0.331 e. The molecule has 29 heavy (non-hydrogen) atoms. The predicted octanol–water partition coefficient (Wildman–Crippen LogP) is 3.50. The van der Waals surface area contributed by atoms with E-state index >= 15 is 0 Å². The van der Waals surface area contributed by atoms with Crippen molar-refractivity contribution >= 4 is 24.0 Å². The van der Waals surface area contributed by atoms with E-state index in [1.54, 1.807) is 12.2 Å². The molecule has 0 aliphatic carbocycles. The van der Waals surface area contributed by atoms with Crippen LogP contribution < -0.4 is 0 Å². The third-order valence-electron chi connectivity index (χ3n) is 2.37. The second kappa shape index (κ2) is 22.3. The zero-order chi connectivity index (χ0) is 23.1. The molecule has 0 saturated carbocycles. The van der Waals surface area contributed by atoms with Crippen LogP contribution in [-0.4, -0.2) is 46.4 Å². The van der Waals surface area contributed by atoms with Crippen molar-refractivity contribution in [3.63, 3.8) is 0 Å². The number of rotatable bonds is 8. The number of allylic oxidation sites excluding steroid dienone is 2. The monoisotopic (exact) mass is 404 g/mol. The Morgan fingerprint density at radius 3 is 1.72 bits per heavy atom. The van der Waals surface area contributed by atoms with Crippen LogP contribution in [-0.2, 0) is 19.1 Å². The number of aliphatic carboxylic acids is 2. The number of carbonyl (C=O) groups is 3. The van der Waals surface area contributed by atoms with Crippen LogP contribution in [0.2, 0.25) is 0 Å². The van der Waals surface area contributed by atoms with E-state index in [1.807, 2.05) is 36.4 Å². The number of aliphatic hydroxyl groups is 1. The lowest BCUT2D eigenvalue weighted by molar-refractivity contribution is -0.139. The number of carboxylic acids is 2. The van der Waals surface area contributed by atoms with Gasteiger partial charge in [0.15, 0.2) is 0 Å². The summed E-state index contributed by atoms with van der Waals surface area (Å²) < 4.78 is 4.33. The van der Waals surface area contributed by atoms with E-state index in [-0.39, 0.29) is 18.8 Å². The van der Waals surface area contributed by atoms with Crippen LogP contribution in [0.15, 0.2) is 87.0 Å². The summed E-state index contributed by atoms with van der Waals surface area (Å²) in [5.41, 5.74) is 0.870. The second-order valence-corrected chi connectivity index (χ2v) is 4.66. The average Bonchev–Trinajstić information content (AvgIpc) is 2.73. The molecular formula is C22H28O7. The minimum atomic E-state index is -1.27. The van der Waals surface area contributed by atoms with E-state index in [2.05, 4.69) is 37.6 Å². The van der Waals surface area contributed by atoms with Gasteiger partial charge in [0.25, 0.3) is 0 Å². The lowest BCUT2D eigenvalue weighted by Crippen LogP contribution is -2.04. The maximum Gasteiger partial charge on any atom is 0.331 e. The number of esters is 1. The Bertz CT molecular complexity index is 655. The lowest BCUT2D eigenvalue weighted by Gasteiger charge is -1.94. The summed E-state index contributed by atoms with van der Waals surface area (Å²) in [6.07, 6.45) is 5.66. The van der Waals surface area contributed by atoms with Gasteiger partial charge in [0.2, 0.25) is 0 Å². The second-order valence-electron chi connectivity index (χ2n) is 4.66. The minimum absolute atomic E-state index is 0.0465. The number of aliphatic hydroxyl groups excluding tert-OH is 1. The number of benzene rings is 1. The standard InChI is InChI=1S/C8H8.C5H6O4.C5H8O3.C4H6/c1-2-8-6-4-3-5-7-8;1-3(5(8)9)2-4(6)7;1-2-5(7)8-4-3-6;1-3-4-2/h2-7H,1H2;1-2H2,(H,6,7)(H,8,9);2,6H,1,3-4H2;3-4H,1-2H2. The number of carbonyl (C=O) groups excluding carboxylic acids is 1. The van der Waals surface area contributed by atoms with Crippen LogP contribution in [0.3, 0.4) is 0 Å². The molecule has 1 rings (SSSR count). The van der Waals surface area contributed by atoms with Crippen LogP contribution in [0.5, 0.6) is 0 Å². The molecule has 0 radical (unpaired) electrons. The molecule has 0 aliphatic rings. The van der Waals surface area contributed by atoms with Gasteiger partial charge in [0, 0.05) is 11.6 Å². The Labute approximate surface area is 171 Å². The summed E-state index contributed by atoms with van der Waals surface area (Å²) in [5, 5.41) is 24.2. The Hall–Kier alpha value is -3.71. The molecule has 0 amide bonds. The van der Waals surface area contributed by atoms with Crippen LogP contribution in [0.25, 0.3) is 6.08 Å². The molecule has 7 heteroatoms. The van der Waals surface area contributed by atoms with Crippen LogP contribution in [0.1, 0.15) is 12.0 Å². The number of carboxylic acid groups (broad SMARTS) is 2. The normalized spacial score (nSPS) is 7.90. The predicted molar refractivity (Wildman–Crippen MR) is 114 cm³/mol. The van der Waals surface area contributed by atoms with Crippen molar-refractivity contribution in [3.8, 4) is 0 Å². The third-order valence-corrected chi connectivity index (χ3v) is 2.37. The van der Waals surface area contributed by atoms with Crippen molar-refractivity contribution in [1.29, 1.82) is 0 Å². The van der Waals surface area contributed by atoms with Gasteiger partial charge < -0.3 is 20.1 Å². The van der Waals surface area contributed by atoms with Gasteiger partial charge in [-0.05, 0) is 5.56 Å². The molecule has 0 fully saturated rings. The first-order valence-corrected chi connectivity index (χ1v) is 8.13. The zero-order valence-corrected chi connectivity index (χ0v) is 16.3. The molecule has 158 valence electrons. The van der Waals surface area contributed by atoms with Gasteiger partial charge >= 0.3 is 17.9 Å². The largest absolute Gasteiger partial charge is 0.481 e. The molecule has 1 aromatic carbocycles. The summed E-state index contributed by atoms with van der Waals surface area (Å²) in [6, 6.07) is 10.0. The van der Waals surface area contributed by atoms with Crippen LogP contribution in [0.4, 0.5) is 0 Å². The fraction of sp³-hybridized carbons (Fsp3) is 0.136. The molecule has 1 aromatic rings. The summed E-state index contributed by atoms with van der Waals surface area (Å²) in [7, 11) is 0. The first-order valence-electron chi connectivity index (χ1n) is 8.13. The van der Waals surface area contributed by atoms with E-state index in [1.165, 1.54) is 5.56 Å². The Kier molecular flexibility index (Phi) is 23.1. The Morgan fingerprint density at radius 2 is 1.48 bits per heavy atom. The maximum atomic E-state index is 10.1. The van der Waals surface area contributed by atoms with Crippen molar-refractivity contribution in [2.75, 3.05) is 13.2 Å². The van der Waals surface area contributed by atoms with Gasteiger partial charge in [0.1, 0.15) is 6.61 Å². The van der Waals surface area contributed by atoms with Crippen LogP contribution in [0, 0.1) is 0 Å². The van der Waals surface area contributed by atoms with E-state index < -0.39 is 24.3 Å². The van der Waals surface area contributed by atoms with Crippen molar-refractivity contribution in [3.05, 3.63) is 92.6 Å². The Balaban J connectivity index is -0.000000321. The molecule has 0 unspecified atom stereocenters. The first kappa shape index (κ1) is 30.0. The highest BCUT2D eigenvalue weighted by molar-refractivity contribution is 5.91. The molecule has 0 bridgehead atoms. The summed E-state index contributed by atoms with van der Waals surface area (Å²) >= 11 is 0. The van der Waals surface area contributed by atoms with Crippen molar-refractivity contribution in [2.24, 2.45) is 0 Å². The summed E-state index contributed by atoms with van der Waals surface area (Å²) in [5.74, 6) is -2.95. The van der Waals surface area contributed by atoms with Gasteiger partial charge in [0.05, 0.1) is 13.0 Å². The molecule has 0 atom stereocenters. The van der Waals surface area contributed by atoms with E-state index in [0.29, 0.717) is 0 Å². The summed E-state index contributed by atoms with van der Waals surface area (Å²) in [6.45, 7) is 16.4. The van der Waals surface area contributed by atoms with Crippen molar-refractivity contribution < 1.29 is 34.4 Å². The highest BCUT2D eigenvalue weighted by atomic mass is 16.5. The quantitative estimate of drug-likeness (QED) is 0.344. The van der Waals surface area contributed by atoms with Crippen molar-refractivity contribution in [2.45, 2.75) is 6.42 Å². The van der Waals surface area contributed by atoms with E-state index in [4.69, 9.17) is 15.3 Å². The lowest BCUT2D eigenvalue weighted by atomic mass is 10.2. The van der Waals surface area contributed by atoms with E-state index in [9.17, 15) is 14.4 Å². The van der Waals surface area contributed by atoms with Gasteiger partial charge in [-0.2, -0.15) is 0 Å². The SMILES string of the molecule is C=C(CC(=O)O)C(=O)O.C=CC(=O)OCCO.C=CC=C.C=Cc1ccccc1. The van der Waals surface area contributed by atoms with Crippen molar-refractivity contribution in [1.82, 2.24) is 0 Å². The van der Waals surface area contributed by atoms with Gasteiger partial charge in [-0.15, -0.1) is 0 Å². The average molecular weight is 404 g/mol. The fourth-order valence-electron chi connectivity index (χ4n) is 1.05. The topological polar surface area (TPSA) is 121 Å². The van der Waals surface area contributed by atoms with Gasteiger partial charge in [-0.1, -0.05) is 81.5 Å². The van der Waals surface area contributed by atoms with Gasteiger partial charge in [-0.3, -0.25) is 4.79 Å².